The fourth-order valence-corrected chi connectivity index (χ4v) is 4.97. The predicted molar refractivity (Wildman–Crippen MR) is 132 cm³/mol. The first kappa shape index (κ1) is 28.5. The summed E-state index contributed by atoms with van der Waals surface area (Å²) in [6.45, 7) is 6.14. The van der Waals surface area contributed by atoms with Crippen LogP contribution in [0.1, 0.15) is 48.4 Å². The number of carbonyl (C=O) groups is 6. The topological polar surface area (TPSA) is 178 Å². The van der Waals surface area contributed by atoms with E-state index in [2.05, 4.69) is 10.1 Å². The Morgan fingerprint density at radius 1 is 1.08 bits per heavy atom. The van der Waals surface area contributed by atoms with E-state index in [-0.39, 0.29) is 34.8 Å². The van der Waals surface area contributed by atoms with Gasteiger partial charge in [-0.25, -0.2) is 19.2 Å². The number of esters is 1. The zero-order chi connectivity index (χ0) is 28.2. The van der Waals surface area contributed by atoms with E-state index in [0.717, 1.165) is 4.90 Å². The summed E-state index contributed by atoms with van der Waals surface area (Å²) in [5.41, 5.74) is -1.27. The Morgan fingerprint density at radius 3 is 2.34 bits per heavy atom. The molecule has 0 aliphatic carbocycles. The number of amides is 4. The summed E-state index contributed by atoms with van der Waals surface area (Å²) < 4.78 is 15.1. The van der Waals surface area contributed by atoms with Crippen molar-refractivity contribution in [2.24, 2.45) is 0 Å². The van der Waals surface area contributed by atoms with Gasteiger partial charge in [-0.05, 0) is 39.8 Å². The lowest BCUT2D eigenvalue weighted by molar-refractivity contribution is -0.149. The molecule has 0 spiro atoms. The molecule has 0 aromatic heterocycles. The van der Waals surface area contributed by atoms with E-state index in [1.807, 2.05) is 5.32 Å². The summed E-state index contributed by atoms with van der Waals surface area (Å²) >= 11 is 1.19. The predicted octanol–water partition coefficient (Wildman–Crippen LogP) is 1.88. The van der Waals surface area contributed by atoms with Gasteiger partial charge in [0.1, 0.15) is 29.3 Å². The number of β-lactam (4-membered cyclic amide) rings is 1. The molecule has 0 saturated carbocycles. The summed E-state index contributed by atoms with van der Waals surface area (Å²) in [7, 11) is 0. The third-order valence-electron chi connectivity index (χ3n) is 5.18. The molecule has 1 aromatic rings. The molecule has 3 N–H and O–H groups in total. The van der Waals surface area contributed by atoms with E-state index in [1.54, 1.807) is 27.7 Å². The maximum absolute atomic E-state index is 12.8. The van der Waals surface area contributed by atoms with Gasteiger partial charge in [-0.2, -0.15) is 0 Å². The number of nitrogens with one attached hydrogen (secondary N) is 2. The highest BCUT2D eigenvalue weighted by atomic mass is 32.2. The molecule has 1 aromatic carbocycles. The van der Waals surface area contributed by atoms with Crippen LogP contribution in [0.15, 0.2) is 35.5 Å². The molecule has 14 heteroatoms. The maximum Gasteiger partial charge on any atom is 0.414 e. The van der Waals surface area contributed by atoms with Crippen LogP contribution in [0, 0.1) is 0 Å². The number of nitrogens with zero attached hydrogens (tertiary/aromatic N) is 1. The van der Waals surface area contributed by atoms with Gasteiger partial charge >= 0.3 is 24.1 Å². The molecule has 0 radical (unpaired) electrons. The second-order valence-electron chi connectivity index (χ2n) is 9.09. The van der Waals surface area contributed by atoms with E-state index in [0.29, 0.717) is 0 Å². The number of thioether (sulfide) groups is 1. The highest BCUT2D eigenvalue weighted by Gasteiger charge is 2.54. The van der Waals surface area contributed by atoms with Crippen molar-refractivity contribution in [3.05, 3.63) is 46.7 Å². The molecule has 2 atom stereocenters. The summed E-state index contributed by atoms with van der Waals surface area (Å²) in [5, 5.41) is 13.6. The Kier molecular flexibility index (Phi) is 8.66. The Labute approximate surface area is 221 Å². The van der Waals surface area contributed by atoms with Crippen LogP contribution in [-0.2, 0) is 23.8 Å². The zero-order valence-electron chi connectivity index (χ0n) is 21.1. The summed E-state index contributed by atoms with van der Waals surface area (Å²) in [6, 6.07) is 4.61. The van der Waals surface area contributed by atoms with E-state index in [9.17, 15) is 33.9 Å². The number of rotatable bonds is 7. The van der Waals surface area contributed by atoms with E-state index in [1.165, 1.54) is 36.0 Å². The molecular formula is C24H27N3O10S. The largest absolute Gasteiger partial charge is 0.477 e. The van der Waals surface area contributed by atoms with Crippen molar-refractivity contribution in [1.29, 1.82) is 0 Å². The maximum atomic E-state index is 12.8. The first-order valence-corrected chi connectivity index (χ1v) is 12.5. The SMILES string of the molecule is CCOC(=O)NC(=O)c1ccccc1C(=O)OCC1=C(C(=O)O)N2C(=O)[C@@H](NC(=O)OC(C)(C)C)[C@@H]2SC1. The van der Waals surface area contributed by atoms with Gasteiger partial charge in [0, 0.05) is 11.3 Å². The van der Waals surface area contributed by atoms with Crippen molar-refractivity contribution < 1.29 is 48.1 Å². The van der Waals surface area contributed by atoms with Crippen molar-refractivity contribution in [2.75, 3.05) is 19.0 Å². The lowest BCUT2D eigenvalue weighted by Crippen LogP contribution is -2.70. The Morgan fingerprint density at radius 2 is 1.74 bits per heavy atom. The van der Waals surface area contributed by atoms with Crippen LogP contribution in [-0.4, -0.2) is 81.9 Å². The van der Waals surface area contributed by atoms with Crippen LogP contribution < -0.4 is 10.6 Å². The van der Waals surface area contributed by atoms with Crippen LogP contribution in [0.4, 0.5) is 9.59 Å². The first-order chi connectivity index (χ1) is 17.8. The van der Waals surface area contributed by atoms with Crippen molar-refractivity contribution >= 4 is 47.7 Å². The normalized spacial score (nSPS) is 18.5. The third-order valence-corrected chi connectivity index (χ3v) is 6.52. The Balaban J connectivity index is 1.71. The second kappa shape index (κ2) is 11.5. The number of hydrogen-bond donors (Lipinski definition) is 3. The average molecular weight is 550 g/mol. The first-order valence-electron chi connectivity index (χ1n) is 11.5. The van der Waals surface area contributed by atoms with Crippen molar-refractivity contribution in [3.63, 3.8) is 0 Å². The Bertz CT molecular complexity index is 1210. The molecule has 2 aliphatic rings. The van der Waals surface area contributed by atoms with Crippen LogP contribution in [0.25, 0.3) is 0 Å². The number of ether oxygens (including phenoxy) is 3. The smallest absolute Gasteiger partial charge is 0.414 e. The minimum absolute atomic E-state index is 0.0417. The standard InChI is InChI=1S/C24H27N3O10S/c1-5-35-22(33)26-17(28)13-8-6-7-9-14(13)21(32)36-10-12-11-38-19-15(25-23(34)37-24(2,3)4)18(29)27(19)16(12)20(30)31/h6-9,15,19H,5,10-11H2,1-4H3,(H,25,34)(H,30,31)(H,26,28,33)/t15-,19+/m1/s1. The van der Waals surface area contributed by atoms with Crippen LogP contribution in [0.2, 0.25) is 0 Å². The lowest BCUT2D eigenvalue weighted by Gasteiger charge is -2.49. The van der Waals surface area contributed by atoms with Gasteiger partial charge in [-0.15, -0.1) is 11.8 Å². The highest BCUT2D eigenvalue weighted by molar-refractivity contribution is 8.00. The summed E-state index contributed by atoms with van der Waals surface area (Å²) in [4.78, 5) is 74.6. The van der Waals surface area contributed by atoms with Gasteiger partial charge in [0.2, 0.25) is 0 Å². The van der Waals surface area contributed by atoms with Gasteiger partial charge in [-0.1, -0.05) is 12.1 Å². The van der Waals surface area contributed by atoms with Gasteiger partial charge in [0.05, 0.1) is 17.7 Å². The molecule has 204 valence electrons. The van der Waals surface area contributed by atoms with E-state index >= 15 is 0 Å². The number of carboxylic acids is 1. The lowest BCUT2D eigenvalue weighted by atomic mass is 10.0. The highest BCUT2D eigenvalue weighted by Crippen LogP contribution is 2.40. The molecule has 0 unspecified atom stereocenters. The number of fused-ring (bicyclic) bond motifs is 1. The third kappa shape index (κ3) is 6.43. The van der Waals surface area contributed by atoms with Crippen molar-refractivity contribution in [3.8, 4) is 0 Å². The van der Waals surface area contributed by atoms with Gasteiger partial charge in [-0.3, -0.25) is 19.8 Å². The summed E-state index contributed by atoms with van der Waals surface area (Å²) in [5.74, 6) is -3.77. The fraction of sp³-hybridized carbons (Fsp3) is 0.417. The summed E-state index contributed by atoms with van der Waals surface area (Å²) in [6.07, 6.45) is -1.79. The number of alkyl carbamates (subject to hydrolysis) is 2. The molecule has 2 heterocycles. The van der Waals surface area contributed by atoms with E-state index in [4.69, 9.17) is 9.47 Å². The van der Waals surface area contributed by atoms with Crippen molar-refractivity contribution in [2.45, 2.75) is 44.7 Å². The molecule has 13 nitrogen and oxygen atoms in total. The van der Waals surface area contributed by atoms with Crippen LogP contribution in [0.5, 0.6) is 0 Å². The van der Waals surface area contributed by atoms with Crippen LogP contribution in [0.3, 0.4) is 0 Å². The van der Waals surface area contributed by atoms with Crippen molar-refractivity contribution in [1.82, 2.24) is 15.5 Å². The van der Waals surface area contributed by atoms with Gasteiger partial charge in [0.25, 0.3) is 11.8 Å². The van der Waals surface area contributed by atoms with E-state index < -0.39 is 59.6 Å². The fourth-order valence-electron chi connectivity index (χ4n) is 3.65. The minimum Gasteiger partial charge on any atom is -0.477 e. The number of aliphatic carboxylic acids is 1. The number of carbonyl (C=O) groups excluding carboxylic acids is 5. The van der Waals surface area contributed by atoms with Gasteiger partial charge in [0.15, 0.2) is 0 Å². The average Bonchev–Trinajstić information content (AvgIpc) is 2.84. The van der Waals surface area contributed by atoms with Gasteiger partial charge < -0.3 is 24.6 Å². The molecule has 4 amide bonds. The Hall–Kier alpha value is -4.07. The van der Waals surface area contributed by atoms with Crippen LogP contribution >= 0.6 is 11.8 Å². The molecular weight excluding hydrogens is 522 g/mol. The molecule has 1 saturated heterocycles. The number of benzene rings is 1. The number of imide groups is 1. The number of hydrogen-bond acceptors (Lipinski definition) is 10. The monoisotopic (exact) mass is 549 g/mol. The minimum atomic E-state index is -1.40. The number of carboxylic acid groups (broad SMARTS) is 1. The molecule has 2 aliphatic heterocycles. The molecule has 1 fully saturated rings. The second-order valence-corrected chi connectivity index (χ2v) is 10.2. The molecule has 38 heavy (non-hydrogen) atoms. The molecule has 0 bridgehead atoms. The molecule has 3 rings (SSSR count). The quantitative estimate of drug-likeness (QED) is 0.257. The zero-order valence-corrected chi connectivity index (χ0v) is 21.9.